The number of ketones is 2. The van der Waals surface area contributed by atoms with Crippen LogP contribution >= 0.6 is 0 Å². The first kappa shape index (κ1) is 13.7. The van der Waals surface area contributed by atoms with Crippen LogP contribution in [-0.4, -0.2) is 11.6 Å². The second kappa shape index (κ2) is 4.66. The summed E-state index contributed by atoms with van der Waals surface area (Å²) >= 11 is 0. The molecule has 2 aromatic rings. The monoisotopic (exact) mass is 278 g/mol. The minimum absolute atomic E-state index is 0.0682. The predicted octanol–water partition coefficient (Wildman–Crippen LogP) is 4.08. The molecule has 1 aliphatic carbocycles. The average molecular weight is 278 g/mol. The van der Waals surface area contributed by atoms with Crippen molar-refractivity contribution in [2.24, 2.45) is 0 Å². The zero-order valence-electron chi connectivity index (χ0n) is 12.8. The predicted molar refractivity (Wildman–Crippen MR) is 83.2 cm³/mol. The van der Waals surface area contributed by atoms with Crippen LogP contribution < -0.4 is 0 Å². The van der Waals surface area contributed by atoms with Crippen LogP contribution in [0.1, 0.15) is 54.5 Å². The van der Waals surface area contributed by atoms with Gasteiger partial charge in [0.2, 0.25) is 0 Å². The van der Waals surface area contributed by atoms with Gasteiger partial charge >= 0.3 is 0 Å². The van der Waals surface area contributed by atoms with Gasteiger partial charge in [-0.25, -0.2) is 0 Å². The molecule has 21 heavy (non-hydrogen) atoms. The third-order valence-electron chi connectivity index (χ3n) is 4.81. The first-order valence-electron chi connectivity index (χ1n) is 7.18. The zero-order valence-corrected chi connectivity index (χ0v) is 12.8. The molecule has 0 N–H and O–H groups in total. The van der Waals surface area contributed by atoms with Crippen molar-refractivity contribution in [3.8, 4) is 0 Å². The van der Waals surface area contributed by atoms with Crippen molar-refractivity contribution >= 4 is 11.6 Å². The maximum Gasteiger partial charge on any atom is 0.178 e. The highest BCUT2D eigenvalue weighted by molar-refractivity contribution is 6.29. The minimum Gasteiger partial charge on any atom is -0.293 e. The van der Waals surface area contributed by atoms with Crippen LogP contribution in [0.5, 0.6) is 0 Å². The molecule has 0 aromatic heterocycles. The molecule has 0 aliphatic heterocycles. The molecule has 2 aromatic carbocycles. The number of carbonyl (C=O) groups is 2. The molecule has 0 saturated heterocycles. The summed E-state index contributed by atoms with van der Waals surface area (Å²) in [6.45, 7) is 8.16. The van der Waals surface area contributed by atoms with Crippen LogP contribution in [0.15, 0.2) is 30.3 Å². The van der Waals surface area contributed by atoms with Gasteiger partial charge in [0.1, 0.15) is 5.92 Å². The lowest BCUT2D eigenvalue weighted by atomic mass is 9.85. The first-order chi connectivity index (χ1) is 9.93. The summed E-state index contributed by atoms with van der Waals surface area (Å²) in [5.74, 6) is -0.803. The largest absolute Gasteiger partial charge is 0.293 e. The van der Waals surface area contributed by atoms with Crippen LogP contribution in [-0.2, 0) is 0 Å². The molecular formula is C19H18O2. The number of benzene rings is 2. The van der Waals surface area contributed by atoms with Crippen LogP contribution in [0.25, 0.3) is 0 Å². The summed E-state index contributed by atoms with van der Waals surface area (Å²) in [6.07, 6.45) is 0. The fourth-order valence-corrected chi connectivity index (χ4v) is 3.17. The van der Waals surface area contributed by atoms with Crippen molar-refractivity contribution in [3.63, 3.8) is 0 Å². The Kier molecular flexibility index (Phi) is 3.05. The zero-order chi connectivity index (χ0) is 15.3. The van der Waals surface area contributed by atoms with E-state index in [1.165, 1.54) is 11.1 Å². The van der Waals surface area contributed by atoms with Gasteiger partial charge in [0.05, 0.1) is 0 Å². The van der Waals surface area contributed by atoms with Gasteiger partial charge in [0.25, 0.3) is 0 Å². The lowest BCUT2D eigenvalue weighted by molar-refractivity contribution is 0.0889. The Bertz CT molecular complexity index is 749. The van der Waals surface area contributed by atoms with Crippen molar-refractivity contribution in [2.45, 2.75) is 33.6 Å². The minimum atomic E-state index is -0.666. The molecule has 0 unspecified atom stereocenters. The van der Waals surface area contributed by atoms with Crippen molar-refractivity contribution < 1.29 is 9.59 Å². The lowest BCUT2D eigenvalue weighted by Gasteiger charge is -2.17. The van der Waals surface area contributed by atoms with E-state index in [4.69, 9.17) is 0 Å². The molecule has 106 valence electrons. The fourth-order valence-electron chi connectivity index (χ4n) is 3.17. The van der Waals surface area contributed by atoms with Gasteiger partial charge in [-0.05, 0) is 55.5 Å². The van der Waals surface area contributed by atoms with Gasteiger partial charge in [-0.1, -0.05) is 30.3 Å². The number of aryl methyl sites for hydroxylation is 1. The first-order valence-corrected chi connectivity index (χ1v) is 7.18. The molecule has 3 rings (SSSR count). The van der Waals surface area contributed by atoms with Gasteiger partial charge in [0.15, 0.2) is 11.6 Å². The third kappa shape index (κ3) is 1.86. The van der Waals surface area contributed by atoms with Crippen LogP contribution in [0.4, 0.5) is 0 Å². The maximum atomic E-state index is 12.6. The highest BCUT2D eigenvalue weighted by atomic mass is 16.2. The second-order valence-electron chi connectivity index (χ2n) is 5.86. The van der Waals surface area contributed by atoms with E-state index in [1.54, 1.807) is 12.1 Å². The van der Waals surface area contributed by atoms with Crippen molar-refractivity contribution in [2.75, 3.05) is 0 Å². The van der Waals surface area contributed by atoms with Crippen LogP contribution in [0.3, 0.4) is 0 Å². The van der Waals surface area contributed by atoms with Crippen molar-refractivity contribution in [1.29, 1.82) is 0 Å². The van der Waals surface area contributed by atoms with E-state index in [0.717, 1.165) is 16.7 Å². The van der Waals surface area contributed by atoms with Crippen molar-refractivity contribution in [1.82, 2.24) is 0 Å². The van der Waals surface area contributed by atoms with E-state index in [2.05, 4.69) is 13.8 Å². The van der Waals surface area contributed by atoms with Gasteiger partial charge in [-0.15, -0.1) is 0 Å². The molecule has 0 atom stereocenters. The molecule has 0 bridgehead atoms. The number of fused-ring (bicyclic) bond motifs is 1. The summed E-state index contributed by atoms with van der Waals surface area (Å²) in [6, 6.07) is 9.12. The van der Waals surface area contributed by atoms with E-state index in [-0.39, 0.29) is 11.6 Å². The van der Waals surface area contributed by atoms with Crippen LogP contribution in [0.2, 0.25) is 0 Å². The summed E-state index contributed by atoms with van der Waals surface area (Å²) in [5.41, 5.74) is 6.56. The van der Waals surface area contributed by atoms with Gasteiger partial charge < -0.3 is 0 Å². The highest BCUT2D eigenvalue weighted by Gasteiger charge is 2.40. The Balaban J connectivity index is 2.21. The molecule has 0 radical (unpaired) electrons. The smallest absolute Gasteiger partial charge is 0.178 e. The topological polar surface area (TPSA) is 34.1 Å². The quantitative estimate of drug-likeness (QED) is 0.736. The molecule has 2 nitrogen and oxygen atoms in total. The van der Waals surface area contributed by atoms with E-state index in [9.17, 15) is 9.59 Å². The van der Waals surface area contributed by atoms with E-state index in [0.29, 0.717) is 11.1 Å². The average Bonchev–Trinajstić information content (AvgIpc) is 2.73. The Hall–Kier alpha value is -2.22. The molecule has 2 heteroatoms. The Morgan fingerprint density at radius 3 is 1.81 bits per heavy atom. The highest BCUT2D eigenvalue weighted by Crippen LogP contribution is 2.37. The second-order valence-corrected chi connectivity index (χ2v) is 5.86. The van der Waals surface area contributed by atoms with Crippen molar-refractivity contribution in [3.05, 3.63) is 69.3 Å². The SMILES string of the molecule is Cc1cc(C2C(=O)c3ccccc3C2=O)c(C)c(C)c1C. The molecule has 0 fully saturated rings. The van der Waals surface area contributed by atoms with Crippen LogP contribution in [0, 0.1) is 27.7 Å². The number of hydrogen-bond donors (Lipinski definition) is 0. The molecular weight excluding hydrogens is 260 g/mol. The molecule has 0 saturated carbocycles. The number of carbonyl (C=O) groups excluding carboxylic acids is 2. The molecule has 1 aliphatic rings. The fraction of sp³-hybridized carbons (Fsp3) is 0.263. The number of Topliss-reactive ketones (excluding diaryl/α,β-unsaturated/α-hetero) is 2. The Morgan fingerprint density at radius 1 is 0.762 bits per heavy atom. The maximum absolute atomic E-state index is 12.6. The van der Waals surface area contributed by atoms with E-state index >= 15 is 0 Å². The standard InChI is InChI=1S/C19H18O2/c1-10-9-16(13(4)12(3)11(10)2)17-18(20)14-7-5-6-8-15(14)19(17)21/h5-9,17H,1-4H3. The van der Waals surface area contributed by atoms with Gasteiger partial charge in [-0.2, -0.15) is 0 Å². The lowest BCUT2D eigenvalue weighted by Crippen LogP contribution is -2.15. The summed E-state index contributed by atoms with van der Waals surface area (Å²) in [4.78, 5) is 25.3. The summed E-state index contributed by atoms with van der Waals surface area (Å²) in [7, 11) is 0. The summed E-state index contributed by atoms with van der Waals surface area (Å²) in [5, 5.41) is 0. The third-order valence-corrected chi connectivity index (χ3v) is 4.81. The summed E-state index contributed by atoms with van der Waals surface area (Å²) < 4.78 is 0. The molecule has 0 amide bonds. The molecule has 0 heterocycles. The van der Waals surface area contributed by atoms with Gasteiger partial charge in [0, 0.05) is 11.1 Å². The Labute approximate surface area is 124 Å². The number of rotatable bonds is 1. The van der Waals surface area contributed by atoms with Gasteiger partial charge in [-0.3, -0.25) is 9.59 Å². The number of hydrogen-bond acceptors (Lipinski definition) is 2. The normalized spacial score (nSPS) is 14.7. The van der Waals surface area contributed by atoms with E-state index < -0.39 is 5.92 Å². The molecule has 0 spiro atoms. The van der Waals surface area contributed by atoms with E-state index in [1.807, 2.05) is 32.0 Å². The Morgan fingerprint density at radius 2 is 1.29 bits per heavy atom.